The van der Waals surface area contributed by atoms with Crippen LogP contribution >= 0.6 is 0 Å². The van der Waals surface area contributed by atoms with E-state index < -0.39 is 16.0 Å². The van der Waals surface area contributed by atoms with Crippen LogP contribution in [0.25, 0.3) is 0 Å². The summed E-state index contributed by atoms with van der Waals surface area (Å²) in [5.41, 5.74) is 0.915. The molecule has 0 saturated carbocycles. The number of carbonyl (C=O) groups excluding carboxylic acids is 1. The highest BCUT2D eigenvalue weighted by molar-refractivity contribution is 7.93. The Hall–Kier alpha value is -1.56. The molecule has 1 saturated heterocycles. The third-order valence-corrected chi connectivity index (χ3v) is 5.45. The van der Waals surface area contributed by atoms with Crippen molar-refractivity contribution in [1.82, 2.24) is 0 Å². The highest BCUT2D eigenvalue weighted by Gasteiger charge is 2.28. The average molecular weight is 325 g/mol. The lowest BCUT2D eigenvalue weighted by atomic mass is 10.1. The first-order chi connectivity index (χ1) is 10.3. The Morgan fingerprint density at radius 1 is 1.32 bits per heavy atom. The molecule has 6 heteroatoms. The highest BCUT2D eigenvalue weighted by Crippen LogP contribution is 2.25. The molecule has 1 unspecified atom stereocenters. The van der Waals surface area contributed by atoms with Gasteiger partial charge >= 0.3 is 5.97 Å². The minimum Gasteiger partial charge on any atom is -0.459 e. The van der Waals surface area contributed by atoms with Gasteiger partial charge in [-0.05, 0) is 43.9 Å². The molecule has 2 rings (SSSR count). The van der Waals surface area contributed by atoms with Crippen molar-refractivity contribution in [3.8, 4) is 0 Å². The Morgan fingerprint density at radius 3 is 2.64 bits per heavy atom. The molecule has 1 heterocycles. The van der Waals surface area contributed by atoms with E-state index in [0.717, 1.165) is 6.42 Å². The molecule has 1 aliphatic heterocycles. The molecule has 0 amide bonds. The summed E-state index contributed by atoms with van der Waals surface area (Å²) < 4.78 is 30.7. The summed E-state index contributed by atoms with van der Waals surface area (Å²) in [6.07, 6.45) is 1.25. The van der Waals surface area contributed by atoms with Crippen molar-refractivity contribution < 1.29 is 17.9 Å². The summed E-state index contributed by atoms with van der Waals surface area (Å²) in [7, 11) is -3.24. The Labute approximate surface area is 132 Å². The molecule has 0 N–H and O–H groups in total. The molecule has 5 nitrogen and oxygen atoms in total. The number of nitrogens with zero attached hydrogens (tertiary/aromatic N) is 1. The maximum absolute atomic E-state index is 12.2. The number of carbonyl (C=O) groups is 1. The Kier molecular flexibility index (Phi) is 5.11. The van der Waals surface area contributed by atoms with Crippen LogP contribution in [0, 0.1) is 5.92 Å². The van der Waals surface area contributed by atoms with E-state index in [1.165, 1.54) is 4.31 Å². The second-order valence-electron chi connectivity index (χ2n) is 6.14. The zero-order valence-corrected chi connectivity index (χ0v) is 14.1. The zero-order valence-electron chi connectivity index (χ0n) is 13.3. The number of rotatable bonds is 5. The fourth-order valence-corrected chi connectivity index (χ4v) is 4.24. The number of hydrogen-bond donors (Lipinski definition) is 0. The number of benzene rings is 1. The standard InChI is InChI=1S/C16H23NO4S/c1-12(2)10-13(3)21-16(18)14-6-4-7-15(11-14)17-8-5-9-22(17,19)20/h4,6-7,11-13H,5,8-10H2,1-3H3. The summed E-state index contributed by atoms with van der Waals surface area (Å²) >= 11 is 0. The fraction of sp³-hybridized carbons (Fsp3) is 0.562. The molecule has 1 aromatic rings. The second kappa shape index (κ2) is 6.69. The molecule has 0 aromatic heterocycles. The molecule has 1 aliphatic rings. The number of esters is 1. The van der Waals surface area contributed by atoms with Crippen molar-refractivity contribution in [2.24, 2.45) is 5.92 Å². The lowest BCUT2D eigenvalue weighted by Gasteiger charge is -2.18. The van der Waals surface area contributed by atoms with Crippen LogP contribution < -0.4 is 4.31 Å². The Bertz CT molecular complexity index is 639. The van der Waals surface area contributed by atoms with Gasteiger partial charge in [-0.3, -0.25) is 4.31 Å². The van der Waals surface area contributed by atoms with Gasteiger partial charge in [0.05, 0.1) is 23.1 Å². The van der Waals surface area contributed by atoms with Crippen molar-refractivity contribution in [2.45, 2.75) is 39.7 Å². The zero-order chi connectivity index (χ0) is 16.3. The molecular formula is C16H23NO4S. The van der Waals surface area contributed by atoms with Gasteiger partial charge in [-0.2, -0.15) is 0 Å². The van der Waals surface area contributed by atoms with Crippen LogP contribution in [0.5, 0.6) is 0 Å². The van der Waals surface area contributed by atoms with Crippen molar-refractivity contribution in [3.63, 3.8) is 0 Å². The van der Waals surface area contributed by atoms with Gasteiger partial charge in [0.1, 0.15) is 0 Å². The molecule has 0 bridgehead atoms. The number of anilines is 1. The summed E-state index contributed by atoms with van der Waals surface area (Å²) in [4.78, 5) is 12.2. The molecule has 1 fully saturated rings. The molecular weight excluding hydrogens is 302 g/mol. The van der Waals surface area contributed by atoms with E-state index in [-0.39, 0.29) is 11.9 Å². The van der Waals surface area contributed by atoms with E-state index in [4.69, 9.17) is 4.74 Å². The van der Waals surface area contributed by atoms with Crippen molar-refractivity contribution in [2.75, 3.05) is 16.6 Å². The number of sulfonamides is 1. The minimum atomic E-state index is -3.24. The van der Waals surface area contributed by atoms with E-state index in [2.05, 4.69) is 13.8 Å². The van der Waals surface area contributed by atoms with Crippen LogP contribution in [0.4, 0.5) is 5.69 Å². The lowest BCUT2D eigenvalue weighted by molar-refractivity contribution is 0.0299. The van der Waals surface area contributed by atoms with Crippen LogP contribution in [-0.2, 0) is 14.8 Å². The summed E-state index contributed by atoms with van der Waals surface area (Å²) in [5.74, 6) is 0.197. The maximum Gasteiger partial charge on any atom is 0.338 e. The Morgan fingerprint density at radius 2 is 2.05 bits per heavy atom. The predicted octanol–water partition coefficient (Wildman–Crippen LogP) is 2.82. The first kappa shape index (κ1) is 16.8. The molecule has 122 valence electrons. The van der Waals surface area contributed by atoms with Crippen LogP contribution in [0.2, 0.25) is 0 Å². The summed E-state index contributed by atoms with van der Waals surface area (Å²) in [5, 5.41) is 0. The molecule has 22 heavy (non-hydrogen) atoms. The van der Waals surface area contributed by atoms with Gasteiger partial charge in [0.25, 0.3) is 0 Å². The van der Waals surface area contributed by atoms with Gasteiger partial charge in [0.2, 0.25) is 10.0 Å². The first-order valence-electron chi connectivity index (χ1n) is 7.61. The SMILES string of the molecule is CC(C)CC(C)OC(=O)c1cccc(N2CCCS2(=O)=O)c1. The largest absolute Gasteiger partial charge is 0.459 e. The number of ether oxygens (including phenoxy) is 1. The van der Waals surface area contributed by atoms with E-state index in [9.17, 15) is 13.2 Å². The first-order valence-corrected chi connectivity index (χ1v) is 9.22. The van der Waals surface area contributed by atoms with Gasteiger partial charge in [-0.25, -0.2) is 13.2 Å². The minimum absolute atomic E-state index is 0.160. The third-order valence-electron chi connectivity index (χ3n) is 3.58. The van der Waals surface area contributed by atoms with E-state index in [1.807, 2.05) is 6.92 Å². The smallest absolute Gasteiger partial charge is 0.338 e. The predicted molar refractivity (Wildman–Crippen MR) is 86.5 cm³/mol. The Balaban J connectivity index is 2.13. The van der Waals surface area contributed by atoms with Crippen LogP contribution in [0.15, 0.2) is 24.3 Å². The van der Waals surface area contributed by atoms with Crippen LogP contribution in [-0.4, -0.2) is 32.8 Å². The van der Waals surface area contributed by atoms with Crippen LogP contribution in [0.1, 0.15) is 44.0 Å². The van der Waals surface area contributed by atoms with Crippen molar-refractivity contribution >= 4 is 21.7 Å². The molecule has 0 aliphatic carbocycles. The van der Waals surface area contributed by atoms with E-state index in [1.54, 1.807) is 24.3 Å². The molecule has 1 atom stereocenters. The van der Waals surface area contributed by atoms with Gasteiger partial charge < -0.3 is 4.74 Å². The second-order valence-corrected chi connectivity index (χ2v) is 8.15. The van der Waals surface area contributed by atoms with E-state index >= 15 is 0 Å². The topological polar surface area (TPSA) is 63.7 Å². The van der Waals surface area contributed by atoms with Crippen molar-refractivity contribution in [1.29, 1.82) is 0 Å². The quantitative estimate of drug-likeness (QED) is 0.781. The van der Waals surface area contributed by atoms with Crippen molar-refractivity contribution in [3.05, 3.63) is 29.8 Å². The molecule has 0 spiro atoms. The highest BCUT2D eigenvalue weighted by atomic mass is 32.2. The maximum atomic E-state index is 12.2. The fourth-order valence-electron chi connectivity index (χ4n) is 2.68. The normalized spacial score (nSPS) is 18.5. The van der Waals surface area contributed by atoms with Gasteiger partial charge in [0, 0.05) is 6.54 Å². The van der Waals surface area contributed by atoms with E-state index in [0.29, 0.717) is 30.1 Å². The molecule has 1 aromatic carbocycles. The number of hydrogen-bond acceptors (Lipinski definition) is 4. The van der Waals surface area contributed by atoms with Gasteiger partial charge in [-0.1, -0.05) is 19.9 Å². The van der Waals surface area contributed by atoms with Gasteiger partial charge in [-0.15, -0.1) is 0 Å². The van der Waals surface area contributed by atoms with Crippen LogP contribution in [0.3, 0.4) is 0 Å². The monoisotopic (exact) mass is 325 g/mol. The average Bonchev–Trinajstić information content (AvgIpc) is 2.77. The lowest BCUT2D eigenvalue weighted by Crippen LogP contribution is -2.25. The third kappa shape index (κ3) is 4.00. The van der Waals surface area contributed by atoms with Gasteiger partial charge in [0.15, 0.2) is 0 Å². The molecule has 0 radical (unpaired) electrons. The summed E-state index contributed by atoms with van der Waals surface area (Å²) in [6, 6.07) is 6.63. The summed E-state index contributed by atoms with van der Waals surface area (Å²) in [6.45, 7) is 6.48.